The molecule has 1 atom stereocenters. The number of hydrogen-bond acceptors (Lipinski definition) is 2. The van der Waals surface area contributed by atoms with E-state index in [-0.39, 0.29) is 5.91 Å². The molecule has 1 amide bonds. The third-order valence-corrected chi connectivity index (χ3v) is 5.60. The molecule has 1 saturated heterocycles. The van der Waals surface area contributed by atoms with Crippen molar-refractivity contribution in [2.45, 2.75) is 52.1 Å². The van der Waals surface area contributed by atoms with Crippen LogP contribution in [0.25, 0.3) is 10.9 Å². The minimum absolute atomic E-state index is 0.0547. The molecule has 4 rings (SSSR count). The SMILES string of the molecule is CCn1ccc(C(=O)N2CCCC(c3cc4ccccc4n3C(C)C)C2)n1. The monoisotopic (exact) mass is 364 g/mol. The van der Waals surface area contributed by atoms with Crippen molar-refractivity contribution in [1.82, 2.24) is 19.2 Å². The van der Waals surface area contributed by atoms with Crippen LogP contribution in [0.2, 0.25) is 0 Å². The van der Waals surface area contributed by atoms with E-state index < -0.39 is 0 Å². The van der Waals surface area contributed by atoms with Crippen molar-refractivity contribution in [3.05, 3.63) is 54.0 Å². The summed E-state index contributed by atoms with van der Waals surface area (Å²) in [5.74, 6) is 0.421. The second-order valence-electron chi connectivity index (χ2n) is 7.74. The fourth-order valence-electron chi connectivity index (χ4n) is 4.30. The molecule has 5 heteroatoms. The van der Waals surface area contributed by atoms with Gasteiger partial charge in [0.25, 0.3) is 5.91 Å². The number of benzene rings is 1. The molecule has 0 spiro atoms. The summed E-state index contributed by atoms with van der Waals surface area (Å²) in [4.78, 5) is 14.9. The Hall–Kier alpha value is -2.56. The lowest BCUT2D eigenvalue weighted by molar-refractivity contribution is 0.0697. The Balaban J connectivity index is 1.62. The van der Waals surface area contributed by atoms with Crippen LogP contribution in [0.3, 0.4) is 0 Å². The number of rotatable bonds is 4. The zero-order valence-corrected chi connectivity index (χ0v) is 16.4. The van der Waals surface area contributed by atoms with E-state index in [0.717, 1.165) is 32.5 Å². The summed E-state index contributed by atoms with van der Waals surface area (Å²) in [5, 5.41) is 5.69. The van der Waals surface area contributed by atoms with Crippen molar-refractivity contribution in [3.63, 3.8) is 0 Å². The lowest BCUT2D eigenvalue weighted by Crippen LogP contribution is -2.39. The minimum Gasteiger partial charge on any atom is -0.342 e. The number of amides is 1. The van der Waals surface area contributed by atoms with Crippen molar-refractivity contribution in [3.8, 4) is 0 Å². The van der Waals surface area contributed by atoms with Crippen LogP contribution in [0.15, 0.2) is 42.6 Å². The molecule has 3 aromatic rings. The van der Waals surface area contributed by atoms with Gasteiger partial charge in [0, 0.05) is 49.0 Å². The first-order valence-electron chi connectivity index (χ1n) is 10.0. The van der Waals surface area contributed by atoms with Gasteiger partial charge in [-0.25, -0.2) is 0 Å². The third kappa shape index (κ3) is 3.27. The summed E-state index contributed by atoms with van der Waals surface area (Å²) in [6, 6.07) is 13.1. The number of carbonyl (C=O) groups excluding carboxylic acids is 1. The van der Waals surface area contributed by atoms with Crippen LogP contribution in [0.1, 0.15) is 61.8 Å². The maximum atomic E-state index is 12.9. The number of likely N-dealkylation sites (tertiary alicyclic amines) is 1. The highest BCUT2D eigenvalue weighted by molar-refractivity contribution is 5.92. The Kier molecular flexibility index (Phi) is 4.77. The normalized spacial score (nSPS) is 17.8. The van der Waals surface area contributed by atoms with E-state index in [9.17, 15) is 4.79 Å². The van der Waals surface area contributed by atoms with E-state index in [1.165, 1.54) is 16.6 Å². The van der Waals surface area contributed by atoms with Crippen LogP contribution in [0, 0.1) is 0 Å². The first-order chi connectivity index (χ1) is 13.1. The quantitative estimate of drug-likeness (QED) is 0.686. The van der Waals surface area contributed by atoms with E-state index in [0.29, 0.717) is 17.7 Å². The molecule has 1 unspecified atom stereocenters. The number of para-hydroxylation sites is 1. The summed E-state index contributed by atoms with van der Waals surface area (Å²) >= 11 is 0. The van der Waals surface area contributed by atoms with Crippen molar-refractivity contribution in [2.75, 3.05) is 13.1 Å². The molecule has 1 aliphatic heterocycles. The number of aromatic nitrogens is 3. The third-order valence-electron chi connectivity index (χ3n) is 5.60. The van der Waals surface area contributed by atoms with Gasteiger partial charge in [0.05, 0.1) is 0 Å². The topological polar surface area (TPSA) is 43.1 Å². The Morgan fingerprint density at radius 2 is 2.07 bits per heavy atom. The Morgan fingerprint density at radius 3 is 2.81 bits per heavy atom. The number of aryl methyl sites for hydroxylation is 1. The van der Waals surface area contributed by atoms with Gasteiger partial charge in [-0.05, 0) is 57.2 Å². The molecule has 0 saturated carbocycles. The highest BCUT2D eigenvalue weighted by atomic mass is 16.2. The fraction of sp³-hybridized carbons (Fsp3) is 0.455. The summed E-state index contributed by atoms with van der Waals surface area (Å²) in [5.41, 5.74) is 3.19. The van der Waals surface area contributed by atoms with E-state index >= 15 is 0 Å². The van der Waals surface area contributed by atoms with Crippen molar-refractivity contribution < 1.29 is 4.79 Å². The van der Waals surface area contributed by atoms with Crippen molar-refractivity contribution in [2.24, 2.45) is 0 Å². The molecule has 1 aromatic carbocycles. The van der Waals surface area contributed by atoms with Gasteiger partial charge in [0.2, 0.25) is 0 Å². The van der Waals surface area contributed by atoms with Gasteiger partial charge < -0.3 is 9.47 Å². The largest absolute Gasteiger partial charge is 0.342 e. The van der Waals surface area contributed by atoms with E-state index in [4.69, 9.17) is 0 Å². The summed E-state index contributed by atoms with van der Waals surface area (Å²) < 4.78 is 4.26. The first-order valence-corrected chi connectivity index (χ1v) is 10.0. The highest BCUT2D eigenvalue weighted by Gasteiger charge is 2.29. The van der Waals surface area contributed by atoms with Gasteiger partial charge in [-0.3, -0.25) is 9.48 Å². The van der Waals surface area contributed by atoms with Gasteiger partial charge in [0.1, 0.15) is 5.69 Å². The number of fused-ring (bicyclic) bond motifs is 1. The molecule has 0 aliphatic carbocycles. The fourth-order valence-corrected chi connectivity index (χ4v) is 4.30. The molecule has 1 aliphatic rings. The molecule has 142 valence electrons. The Bertz CT molecular complexity index is 952. The van der Waals surface area contributed by atoms with Crippen LogP contribution >= 0.6 is 0 Å². The van der Waals surface area contributed by atoms with Crippen molar-refractivity contribution >= 4 is 16.8 Å². The highest BCUT2D eigenvalue weighted by Crippen LogP contribution is 2.34. The number of nitrogens with zero attached hydrogens (tertiary/aromatic N) is 4. The van der Waals surface area contributed by atoms with Gasteiger partial charge in [-0.15, -0.1) is 0 Å². The number of piperidine rings is 1. The van der Waals surface area contributed by atoms with Crippen molar-refractivity contribution in [1.29, 1.82) is 0 Å². The molecule has 5 nitrogen and oxygen atoms in total. The zero-order chi connectivity index (χ0) is 19.0. The summed E-state index contributed by atoms with van der Waals surface area (Å²) in [6.07, 6.45) is 4.03. The van der Waals surface area contributed by atoms with Crippen LogP contribution in [-0.4, -0.2) is 38.2 Å². The molecular weight excluding hydrogens is 336 g/mol. The molecule has 3 heterocycles. The van der Waals surface area contributed by atoms with Crippen LogP contribution in [0.4, 0.5) is 0 Å². The van der Waals surface area contributed by atoms with Crippen LogP contribution in [0.5, 0.6) is 0 Å². The smallest absolute Gasteiger partial charge is 0.274 e. The zero-order valence-electron chi connectivity index (χ0n) is 16.4. The van der Waals surface area contributed by atoms with Crippen LogP contribution < -0.4 is 0 Å². The molecular formula is C22H28N4O. The lowest BCUT2D eigenvalue weighted by atomic mass is 9.94. The second-order valence-corrected chi connectivity index (χ2v) is 7.74. The molecule has 2 aromatic heterocycles. The molecule has 27 heavy (non-hydrogen) atoms. The molecule has 0 bridgehead atoms. The molecule has 0 radical (unpaired) electrons. The van der Waals surface area contributed by atoms with Crippen LogP contribution in [-0.2, 0) is 6.54 Å². The molecule has 0 N–H and O–H groups in total. The number of carbonyl (C=O) groups is 1. The second kappa shape index (κ2) is 7.22. The summed E-state index contributed by atoms with van der Waals surface area (Å²) in [7, 11) is 0. The Morgan fingerprint density at radius 1 is 1.26 bits per heavy atom. The average molecular weight is 364 g/mol. The lowest BCUT2D eigenvalue weighted by Gasteiger charge is -2.33. The van der Waals surface area contributed by atoms with Gasteiger partial charge >= 0.3 is 0 Å². The van der Waals surface area contributed by atoms with E-state index in [1.54, 1.807) is 0 Å². The predicted octanol–water partition coefficient (Wildman–Crippen LogP) is 4.46. The molecule has 1 fully saturated rings. The number of hydrogen-bond donors (Lipinski definition) is 0. The predicted molar refractivity (Wildman–Crippen MR) is 108 cm³/mol. The van der Waals surface area contributed by atoms with Gasteiger partial charge in [-0.1, -0.05) is 18.2 Å². The van der Waals surface area contributed by atoms with Gasteiger partial charge in [-0.2, -0.15) is 5.10 Å². The maximum Gasteiger partial charge on any atom is 0.274 e. The first kappa shape index (κ1) is 17.8. The Labute approximate surface area is 160 Å². The average Bonchev–Trinajstić information content (AvgIpc) is 3.32. The van der Waals surface area contributed by atoms with Gasteiger partial charge in [0.15, 0.2) is 0 Å². The van der Waals surface area contributed by atoms with E-state index in [2.05, 4.69) is 53.8 Å². The van der Waals surface area contributed by atoms with E-state index in [1.807, 2.05) is 28.8 Å². The standard InChI is InChI=1S/C22H28N4O/c1-4-25-13-11-19(23-25)22(27)24-12-7-9-18(15-24)21-14-17-8-5-6-10-20(17)26(21)16(2)3/h5-6,8,10-11,13-14,16,18H,4,7,9,12,15H2,1-3H3. The minimum atomic E-state index is 0.0547. The maximum absolute atomic E-state index is 12.9. The summed E-state index contributed by atoms with van der Waals surface area (Å²) in [6.45, 7) is 8.86.